The molecule has 0 aliphatic carbocycles. The number of benzene rings is 2. The Hall–Kier alpha value is -1.98. The van der Waals surface area contributed by atoms with Gasteiger partial charge in [0.15, 0.2) is 5.78 Å². The summed E-state index contributed by atoms with van der Waals surface area (Å²) in [5, 5.41) is 9.95. The third kappa shape index (κ3) is 3.35. The van der Waals surface area contributed by atoms with Crippen LogP contribution in [0, 0.1) is 0 Å². The molecule has 1 fully saturated rings. The van der Waals surface area contributed by atoms with E-state index >= 15 is 0 Å². The molecule has 2 aromatic rings. The highest BCUT2D eigenvalue weighted by Gasteiger charge is 2.39. The second-order valence-electron chi connectivity index (χ2n) is 5.60. The van der Waals surface area contributed by atoms with Gasteiger partial charge in [0.05, 0.1) is 12.1 Å². The number of nitrogens with zero attached hydrogens (tertiary/aromatic N) is 1. The fourth-order valence-corrected chi connectivity index (χ4v) is 3.10. The normalized spacial score (nSPS) is 20.5. The zero-order valence-electron chi connectivity index (χ0n) is 12.4. The molecule has 2 aromatic carbocycles. The molecule has 0 unspecified atom stereocenters. The second kappa shape index (κ2) is 6.64. The van der Waals surface area contributed by atoms with Crippen molar-refractivity contribution in [3.05, 3.63) is 70.2 Å². The molecule has 1 amide bonds. The summed E-state index contributed by atoms with van der Waals surface area (Å²) in [6, 6.07) is 15.2. The number of carbonyl (C=O) groups is 2. The SMILES string of the molecule is O=C(c1ccc(Br)cc1)[C@H]1C[C@@H](O)CN1C(=O)c1ccccc1. The van der Waals surface area contributed by atoms with E-state index in [4.69, 9.17) is 0 Å². The zero-order valence-corrected chi connectivity index (χ0v) is 13.9. The summed E-state index contributed by atoms with van der Waals surface area (Å²) < 4.78 is 0.887. The Kier molecular flexibility index (Phi) is 4.59. The molecular weight excluding hydrogens is 358 g/mol. The van der Waals surface area contributed by atoms with Crippen molar-refractivity contribution in [1.82, 2.24) is 4.90 Å². The van der Waals surface area contributed by atoms with Crippen LogP contribution in [0.15, 0.2) is 59.1 Å². The molecule has 4 nitrogen and oxygen atoms in total. The topological polar surface area (TPSA) is 57.6 Å². The van der Waals surface area contributed by atoms with Crippen molar-refractivity contribution in [2.75, 3.05) is 6.54 Å². The van der Waals surface area contributed by atoms with E-state index in [1.54, 1.807) is 48.5 Å². The lowest BCUT2D eigenvalue weighted by molar-refractivity contribution is 0.0662. The van der Waals surface area contributed by atoms with Crippen molar-refractivity contribution in [1.29, 1.82) is 0 Å². The molecule has 1 heterocycles. The molecule has 3 rings (SSSR count). The highest BCUT2D eigenvalue weighted by molar-refractivity contribution is 9.10. The molecule has 2 atom stereocenters. The number of aliphatic hydroxyl groups is 1. The predicted molar refractivity (Wildman–Crippen MR) is 90.4 cm³/mol. The van der Waals surface area contributed by atoms with Crippen molar-refractivity contribution >= 4 is 27.6 Å². The Morgan fingerprint density at radius 3 is 2.30 bits per heavy atom. The summed E-state index contributed by atoms with van der Waals surface area (Å²) in [6.45, 7) is 0.181. The minimum absolute atomic E-state index is 0.140. The van der Waals surface area contributed by atoms with E-state index in [0.29, 0.717) is 11.1 Å². The van der Waals surface area contributed by atoms with Gasteiger partial charge in [-0.1, -0.05) is 46.3 Å². The quantitative estimate of drug-likeness (QED) is 0.841. The van der Waals surface area contributed by atoms with Gasteiger partial charge in [0.2, 0.25) is 0 Å². The van der Waals surface area contributed by atoms with Gasteiger partial charge in [0, 0.05) is 28.6 Å². The van der Waals surface area contributed by atoms with Gasteiger partial charge in [-0.2, -0.15) is 0 Å². The Morgan fingerprint density at radius 2 is 1.65 bits per heavy atom. The summed E-state index contributed by atoms with van der Waals surface area (Å²) in [7, 11) is 0. The average molecular weight is 374 g/mol. The van der Waals surface area contributed by atoms with Crippen LogP contribution in [-0.2, 0) is 0 Å². The van der Waals surface area contributed by atoms with E-state index in [1.165, 1.54) is 4.90 Å². The van der Waals surface area contributed by atoms with Crippen LogP contribution in [0.5, 0.6) is 0 Å². The summed E-state index contributed by atoms with van der Waals surface area (Å²) in [4.78, 5) is 26.9. The molecule has 0 aromatic heterocycles. The number of rotatable bonds is 3. The third-order valence-electron chi connectivity index (χ3n) is 3.99. The standard InChI is InChI=1S/C18H16BrNO3/c19-14-8-6-12(7-9-14)17(22)16-10-15(21)11-20(16)18(23)13-4-2-1-3-5-13/h1-9,15-16,21H,10-11H2/t15-,16-/m1/s1. The molecule has 0 spiro atoms. The van der Waals surface area contributed by atoms with Gasteiger partial charge in [-0.15, -0.1) is 0 Å². The highest BCUT2D eigenvalue weighted by atomic mass is 79.9. The smallest absolute Gasteiger partial charge is 0.254 e. The number of carbonyl (C=O) groups excluding carboxylic acids is 2. The van der Waals surface area contributed by atoms with Crippen molar-refractivity contribution in [2.24, 2.45) is 0 Å². The van der Waals surface area contributed by atoms with Crippen LogP contribution in [-0.4, -0.2) is 40.4 Å². The lowest BCUT2D eigenvalue weighted by Crippen LogP contribution is -2.40. The minimum atomic E-state index is -0.674. The lowest BCUT2D eigenvalue weighted by Gasteiger charge is -2.23. The Bertz CT molecular complexity index is 715. The predicted octanol–water partition coefficient (Wildman–Crippen LogP) is 2.91. The first-order valence-corrected chi connectivity index (χ1v) is 8.19. The number of halogens is 1. The van der Waals surface area contributed by atoms with Gasteiger partial charge >= 0.3 is 0 Å². The van der Waals surface area contributed by atoms with Crippen molar-refractivity contribution < 1.29 is 14.7 Å². The van der Waals surface area contributed by atoms with E-state index in [0.717, 1.165) is 4.47 Å². The maximum absolute atomic E-state index is 12.7. The lowest BCUT2D eigenvalue weighted by atomic mass is 10.0. The molecule has 5 heteroatoms. The minimum Gasteiger partial charge on any atom is -0.391 e. The molecule has 1 aliphatic rings. The first-order chi connectivity index (χ1) is 11.1. The van der Waals surface area contributed by atoms with Crippen LogP contribution >= 0.6 is 15.9 Å². The van der Waals surface area contributed by atoms with Crippen LogP contribution in [0.25, 0.3) is 0 Å². The Balaban J connectivity index is 1.86. The molecule has 1 N–H and O–H groups in total. The summed E-state index contributed by atoms with van der Waals surface area (Å²) in [5.74, 6) is -0.365. The molecule has 0 saturated carbocycles. The van der Waals surface area contributed by atoms with E-state index in [1.807, 2.05) is 6.07 Å². The fourth-order valence-electron chi connectivity index (χ4n) is 2.84. The molecule has 118 valence electrons. The molecule has 0 radical (unpaired) electrons. The molecular formula is C18H16BrNO3. The number of aliphatic hydroxyl groups excluding tert-OH is 1. The van der Waals surface area contributed by atoms with Gasteiger partial charge < -0.3 is 10.0 Å². The van der Waals surface area contributed by atoms with Crippen molar-refractivity contribution in [2.45, 2.75) is 18.6 Å². The average Bonchev–Trinajstić information content (AvgIpc) is 2.97. The van der Waals surface area contributed by atoms with E-state index in [-0.39, 0.29) is 24.7 Å². The molecule has 23 heavy (non-hydrogen) atoms. The number of likely N-dealkylation sites (tertiary alicyclic amines) is 1. The van der Waals surface area contributed by atoms with Crippen LogP contribution in [0.3, 0.4) is 0 Å². The second-order valence-corrected chi connectivity index (χ2v) is 6.52. The van der Waals surface area contributed by atoms with E-state index < -0.39 is 12.1 Å². The summed E-state index contributed by atoms with van der Waals surface area (Å²) in [5.41, 5.74) is 1.06. The van der Waals surface area contributed by atoms with Gasteiger partial charge in [-0.05, 0) is 24.3 Å². The van der Waals surface area contributed by atoms with Crippen LogP contribution in [0.2, 0.25) is 0 Å². The number of Topliss-reactive ketones (excluding diaryl/α,β-unsaturated/α-hetero) is 1. The summed E-state index contributed by atoms with van der Waals surface area (Å²) >= 11 is 3.34. The van der Waals surface area contributed by atoms with E-state index in [2.05, 4.69) is 15.9 Å². The third-order valence-corrected chi connectivity index (χ3v) is 4.52. The number of amides is 1. The highest BCUT2D eigenvalue weighted by Crippen LogP contribution is 2.24. The number of β-amino-alcohol motifs (C(OH)–C–C–N with tert-alkyl or cyclic N) is 1. The van der Waals surface area contributed by atoms with Crippen LogP contribution in [0.1, 0.15) is 27.1 Å². The van der Waals surface area contributed by atoms with Gasteiger partial charge in [0.25, 0.3) is 5.91 Å². The van der Waals surface area contributed by atoms with Crippen molar-refractivity contribution in [3.63, 3.8) is 0 Å². The maximum atomic E-state index is 12.7. The fraction of sp³-hybridized carbons (Fsp3) is 0.222. The monoisotopic (exact) mass is 373 g/mol. The van der Waals surface area contributed by atoms with E-state index in [9.17, 15) is 14.7 Å². The Labute approximate surface area is 142 Å². The molecule has 1 saturated heterocycles. The number of hydrogen-bond acceptors (Lipinski definition) is 3. The van der Waals surface area contributed by atoms with Crippen LogP contribution in [0.4, 0.5) is 0 Å². The van der Waals surface area contributed by atoms with Crippen LogP contribution < -0.4 is 0 Å². The first kappa shape index (κ1) is 15.9. The number of ketones is 1. The Morgan fingerprint density at radius 1 is 1.00 bits per heavy atom. The molecule has 1 aliphatic heterocycles. The summed E-state index contributed by atoms with van der Waals surface area (Å²) in [6.07, 6.45) is -0.403. The van der Waals surface area contributed by atoms with Gasteiger partial charge in [0.1, 0.15) is 0 Å². The maximum Gasteiger partial charge on any atom is 0.254 e. The first-order valence-electron chi connectivity index (χ1n) is 7.40. The molecule has 0 bridgehead atoms. The van der Waals surface area contributed by atoms with Crippen molar-refractivity contribution in [3.8, 4) is 0 Å². The zero-order chi connectivity index (χ0) is 16.4. The number of hydrogen-bond donors (Lipinski definition) is 1. The van der Waals surface area contributed by atoms with Gasteiger partial charge in [-0.3, -0.25) is 9.59 Å². The van der Waals surface area contributed by atoms with Gasteiger partial charge in [-0.25, -0.2) is 0 Å². The largest absolute Gasteiger partial charge is 0.391 e.